The number of hydrogen-bond acceptors (Lipinski definition) is 5. The van der Waals surface area contributed by atoms with Crippen LogP contribution < -0.4 is 5.32 Å². The second-order valence-corrected chi connectivity index (χ2v) is 6.26. The molecule has 7 heteroatoms. The smallest absolute Gasteiger partial charge is 0.145 e. The van der Waals surface area contributed by atoms with E-state index in [2.05, 4.69) is 54.6 Å². The van der Waals surface area contributed by atoms with Crippen molar-refractivity contribution < 1.29 is 5.11 Å². The third kappa shape index (κ3) is 3.07. The number of hydrogen-bond donors (Lipinski definition) is 2. The molecule has 0 saturated carbocycles. The predicted octanol–water partition coefficient (Wildman–Crippen LogP) is 3.33. The van der Waals surface area contributed by atoms with Crippen molar-refractivity contribution in [2.24, 2.45) is 0 Å². The lowest BCUT2D eigenvalue weighted by molar-refractivity contribution is 0.280. The first-order valence-corrected chi connectivity index (χ1v) is 8.21. The number of fused-ring (bicyclic) bond motifs is 1. The highest BCUT2D eigenvalue weighted by molar-refractivity contribution is 9.10. The van der Waals surface area contributed by atoms with Crippen molar-refractivity contribution in [2.75, 3.05) is 11.9 Å². The molecule has 0 spiro atoms. The third-order valence-electron chi connectivity index (χ3n) is 3.92. The second kappa shape index (κ2) is 6.64. The Hall–Kier alpha value is -1.99. The molecule has 0 radical (unpaired) electrons. The van der Waals surface area contributed by atoms with Crippen LogP contribution in [0.25, 0.3) is 11.0 Å². The van der Waals surface area contributed by atoms with Gasteiger partial charge in [-0.2, -0.15) is 0 Å². The highest BCUT2D eigenvalue weighted by Gasteiger charge is 2.16. The molecule has 23 heavy (non-hydrogen) atoms. The predicted molar refractivity (Wildman–Crippen MR) is 93.9 cm³/mol. The highest BCUT2D eigenvalue weighted by Crippen LogP contribution is 2.30. The zero-order valence-electron chi connectivity index (χ0n) is 13.0. The van der Waals surface area contributed by atoms with Crippen LogP contribution in [0.1, 0.15) is 17.7 Å². The van der Waals surface area contributed by atoms with E-state index in [1.807, 2.05) is 12.1 Å². The summed E-state index contributed by atoms with van der Waals surface area (Å²) in [5.74, 6) is 1.47. The molecule has 0 aliphatic rings. The number of aliphatic hydroxyl groups is 1. The molecule has 0 unspecified atom stereocenters. The SMILES string of the molecule is Cc1c(C)n(CCCO)c2ncnc(Nc3ccc(Br)cn3)c12. The molecule has 0 aliphatic heterocycles. The molecule has 0 bridgehead atoms. The minimum atomic E-state index is 0.164. The molecule has 0 amide bonds. The maximum absolute atomic E-state index is 9.10. The van der Waals surface area contributed by atoms with Gasteiger partial charge in [0.05, 0.1) is 5.39 Å². The summed E-state index contributed by atoms with van der Waals surface area (Å²) in [6, 6.07) is 3.82. The van der Waals surface area contributed by atoms with E-state index in [-0.39, 0.29) is 6.61 Å². The number of anilines is 2. The standard InChI is InChI=1S/C16H18BrN5O/c1-10-11(2)22(6-3-7-23)16-14(10)15(19-9-20-16)21-13-5-4-12(17)8-18-13/h4-5,8-9,23H,3,6-7H2,1-2H3,(H,18,19,20,21). The fourth-order valence-corrected chi connectivity index (χ4v) is 2.87. The number of aromatic nitrogens is 4. The van der Waals surface area contributed by atoms with Gasteiger partial charge in [-0.1, -0.05) is 0 Å². The molecule has 3 rings (SSSR count). The highest BCUT2D eigenvalue weighted by atomic mass is 79.9. The summed E-state index contributed by atoms with van der Waals surface area (Å²) in [7, 11) is 0. The number of nitrogens with zero attached hydrogens (tertiary/aromatic N) is 4. The summed E-state index contributed by atoms with van der Waals surface area (Å²) in [5.41, 5.74) is 3.15. The topological polar surface area (TPSA) is 75.9 Å². The molecule has 0 aliphatic carbocycles. The van der Waals surface area contributed by atoms with E-state index in [0.29, 0.717) is 6.42 Å². The van der Waals surface area contributed by atoms with Gasteiger partial charge in [0.1, 0.15) is 23.6 Å². The van der Waals surface area contributed by atoms with Crippen molar-refractivity contribution in [3.05, 3.63) is 40.4 Å². The van der Waals surface area contributed by atoms with E-state index < -0.39 is 0 Å². The number of aliphatic hydroxyl groups excluding tert-OH is 1. The molecule has 0 aromatic carbocycles. The Labute approximate surface area is 142 Å². The Kier molecular flexibility index (Phi) is 4.58. The van der Waals surface area contributed by atoms with Crippen LogP contribution in [0, 0.1) is 13.8 Å². The molecular weight excluding hydrogens is 358 g/mol. The Balaban J connectivity index is 2.06. The van der Waals surface area contributed by atoms with Gasteiger partial charge in [0.15, 0.2) is 0 Å². The maximum Gasteiger partial charge on any atom is 0.145 e. The van der Waals surface area contributed by atoms with Gasteiger partial charge in [-0.05, 0) is 53.9 Å². The van der Waals surface area contributed by atoms with E-state index in [0.717, 1.165) is 44.9 Å². The molecule has 0 fully saturated rings. The van der Waals surface area contributed by atoms with Crippen molar-refractivity contribution in [3.8, 4) is 0 Å². The molecule has 3 aromatic rings. The molecule has 2 N–H and O–H groups in total. The van der Waals surface area contributed by atoms with Gasteiger partial charge in [0.2, 0.25) is 0 Å². The van der Waals surface area contributed by atoms with E-state index >= 15 is 0 Å². The molecule has 3 aromatic heterocycles. The zero-order valence-corrected chi connectivity index (χ0v) is 14.6. The van der Waals surface area contributed by atoms with E-state index in [4.69, 9.17) is 5.11 Å². The van der Waals surface area contributed by atoms with E-state index in [1.54, 1.807) is 12.5 Å². The number of rotatable bonds is 5. The summed E-state index contributed by atoms with van der Waals surface area (Å²) in [4.78, 5) is 13.1. The van der Waals surface area contributed by atoms with E-state index in [9.17, 15) is 0 Å². The van der Waals surface area contributed by atoms with Crippen LogP contribution in [0.2, 0.25) is 0 Å². The summed E-state index contributed by atoms with van der Waals surface area (Å²) in [6.07, 6.45) is 3.99. The number of nitrogens with one attached hydrogen (secondary N) is 1. The quantitative estimate of drug-likeness (QED) is 0.715. The first-order chi connectivity index (χ1) is 11.1. The normalized spacial score (nSPS) is 11.1. The Morgan fingerprint density at radius 3 is 2.74 bits per heavy atom. The summed E-state index contributed by atoms with van der Waals surface area (Å²) in [5, 5.41) is 13.4. The lowest BCUT2D eigenvalue weighted by Crippen LogP contribution is -2.04. The van der Waals surface area contributed by atoms with Crippen LogP contribution in [-0.2, 0) is 6.54 Å². The average Bonchev–Trinajstić information content (AvgIpc) is 2.80. The first-order valence-electron chi connectivity index (χ1n) is 7.41. The second-order valence-electron chi connectivity index (χ2n) is 5.35. The molecule has 6 nitrogen and oxygen atoms in total. The van der Waals surface area contributed by atoms with Crippen molar-refractivity contribution in [1.29, 1.82) is 0 Å². The number of aryl methyl sites for hydroxylation is 2. The number of halogens is 1. The lowest BCUT2D eigenvalue weighted by Gasteiger charge is -2.08. The maximum atomic E-state index is 9.10. The van der Waals surface area contributed by atoms with Gasteiger partial charge < -0.3 is 15.0 Å². The first kappa shape index (κ1) is 15.9. The third-order valence-corrected chi connectivity index (χ3v) is 4.39. The summed E-state index contributed by atoms with van der Waals surface area (Å²) in [6.45, 7) is 5.03. The minimum Gasteiger partial charge on any atom is -0.396 e. The fourth-order valence-electron chi connectivity index (χ4n) is 2.64. The average molecular weight is 376 g/mol. The fraction of sp³-hybridized carbons (Fsp3) is 0.312. The summed E-state index contributed by atoms with van der Waals surface area (Å²) >= 11 is 3.38. The number of pyridine rings is 1. The Morgan fingerprint density at radius 1 is 1.22 bits per heavy atom. The lowest BCUT2D eigenvalue weighted by atomic mass is 10.2. The molecular formula is C16H18BrN5O. The summed E-state index contributed by atoms with van der Waals surface area (Å²) < 4.78 is 3.06. The van der Waals surface area contributed by atoms with Crippen molar-refractivity contribution in [1.82, 2.24) is 19.5 Å². The Morgan fingerprint density at radius 2 is 2.04 bits per heavy atom. The van der Waals surface area contributed by atoms with Crippen LogP contribution in [-0.4, -0.2) is 31.2 Å². The van der Waals surface area contributed by atoms with E-state index in [1.165, 1.54) is 0 Å². The van der Waals surface area contributed by atoms with Crippen molar-refractivity contribution in [3.63, 3.8) is 0 Å². The van der Waals surface area contributed by atoms with Crippen molar-refractivity contribution >= 4 is 38.6 Å². The molecule has 0 saturated heterocycles. The van der Waals surface area contributed by atoms with Crippen LogP contribution in [0.15, 0.2) is 29.1 Å². The van der Waals surface area contributed by atoms with Crippen molar-refractivity contribution in [2.45, 2.75) is 26.8 Å². The van der Waals surface area contributed by atoms with Crippen LogP contribution in [0.5, 0.6) is 0 Å². The minimum absolute atomic E-state index is 0.164. The van der Waals surface area contributed by atoms with Crippen LogP contribution >= 0.6 is 15.9 Å². The molecule has 0 atom stereocenters. The largest absolute Gasteiger partial charge is 0.396 e. The van der Waals surface area contributed by atoms with Crippen LogP contribution in [0.4, 0.5) is 11.6 Å². The van der Waals surface area contributed by atoms with Crippen LogP contribution in [0.3, 0.4) is 0 Å². The molecule has 120 valence electrons. The van der Waals surface area contributed by atoms with Gasteiger partial charge in [0.25, 0.3) is 0 Å². The van der Waals surface area contributed by atoms with Gasteiger partial charge in [-0.15, -0.1) is 0 Å². The van der Waals surface area contributed by atoms with Gasteiger partial charge in [-0.3, -0.25) is 0 Å². The van der Waals surface area contributed by atoms with Gasteiger partial charge >= 0.3 is 0 Å². The van der Waals surface area contributed by atoms with Gasteiger partial charge in [-0.25, -0.2) is 15.0 Å². The monoisotopic (exact) mass is 375 g/mol. The zero-order chi connectivity index (χ0) is 16.4. The molecule has 3 heterocycles. The Bertz CT molecular complexity index is 829. The van der Waals surface area contributed by atoms with Gasteiger partial charge in [0, 0.05) is 29.5 Å².